The summed E-state index contributed by atoms with van der Waals surface area (Å²) in [7, 11) is 3.29. The van der Waals surface area contributed by atoms with E-state index in [2.05, 4.69) is 15.5 Å². The van der Waals surface area contributed by atoms with Gasteiger partial charge in [0.2, 0.25) is 11.8 Å². The number of thiazole rings is 1. The van der Waals surface area contributed by atoms with Gasteiger partial charge in [-0.1, -0.05) is 65.3 Å². The van der Waals surface area contributed by atoms with Crippen LogP contribution in [-0.2, 0) is 60.7 Å². The molecular weight excluding hydrogens is 1000 g/mol. The molecule has 426 valence electrons. The predicted octanol–water partition coefficient (Wildman–Crippen LogP) is 6.87. The number of Topliss-reactive ketones (excluding diaryl/α,β-unsaturated/α-hetero) is 2. The van der Waals surface area contributed by atoms with Crippen LogP contribution in [0.1, 0.15) is 172 Å². The minimum Gasteiger partial charge on any atom is -0.469 e. The van der Waals surface area contributed by atoms with Crippen molar-refractivity contribution in [2.45, 2.75) is 181 Å². The maximum Gasteiger partial charge on any atom is 0.308 e. The predicted molar refractivity (Wildman–Crippen MR) is 295 cm³/mol. The van der Waals surface area contributed by atoms with E-state index in [1.165, 1.54) is 42.4 Å². The molecule has 1 fully saturated rings. The number of nitrogens with one attached hydrogen (secondary N) is 2. The lowest BCUT2D eigenvalue weighted by molar-refractivity contribution is -0.150. The molecule has 19 heteroatoms. The summed E-state index contributed by atoms with van der Waals surface area (Å²) < 4.78 is 10.9. The van der Waals surface area contributed by atoms with Crippen LogP contribution in [0.5, 0.6) is 0 Å². The van der Waals surface area contributed by atoms with Crippen LogP contribution in [0.4, 0.5) is 0 Å². The highest BCUT2D eigenvalue weighted by Crippen LogP contribution is 2.35. The molecule has 2 aliphatic heterocycles. The van der Waals surface area contributed by atoms with Crippen molar-refractivity contribution in [1.82, 2.24) is 30.3 Å². The van der Waals surface area contributed by atoms with Crippen LogP contribution in [0, 0.1) is 23.7 Å². The molecule has 4 N–H and O–H groups in total. The van der Waals surface area contributed by atoms with Gasteiger partial charge in [-0.15, -0.1) is 11.3 Å². The highest BCUT2D eigenvalue weighted by Gasteiger charge is 2.43. The number of likely N-dealkylation sites (tertiary alicyclic amines) is 1. The number of nitrogens with two attached hydrogens (primary N) is 1. The molecule has 0 aliphatic carbocycles. The molecule has 18 nitrogen and oxygen atoms in total. The second-order valence-corrected chi connectivity index (χ2v) is 22.7. The Hall–Kier alpha value is -5.66. The van der Waals surface area contributed by atoms with E-state index in [0.29, 0.717) is 63.0 Å². The largest absolute Gasteiger partial charge is 0.469 e. The summed E-state index contributed by atoms with van der Waals surface area (Å²) in [5.41, 5.74) is 6.76. The van der Waals surface area contributed by atoms with Crippen molar-refractivity contribution in [3.05, 3.63) is 63.6 Å². The second kappa shape index (κ2) is 31.1. The quantitative estimate of drug-likeness (QED) is 0.0375. The lowest BCUT2D eigenvalue weighted by Gasteiger charge is -2.43. The summed E-state index contributed by atoms with van der Waals surface area (Å²) in [5, 5.41) is 7.96. The van der Waals surface area contributed by atoms with Crippen LogP contribution >= 0.6 is 11.3 Å². The van der Waals surface area contributed by atoms with E-state index >= 15 is 0 Å². The van der Waals surface area contributed by atoms with E-state index in [-0.39, 0.29) is 91.4 Å². The van der Waals surface area contributed by atoms with Gasteiger partial charge in [-0.05, 0) is 121 Å². The molecule has 77 heavy (non-hydrogen) atoms. The number of likely N-dealkylation sites (N-methyl/N-ethyl adjacent to an activating group) is 1. The third kappa shape index (κ3) is 19.0. The SMILES string of the molecule is CCN(C(=O)[C@@H](CC(=O)[C@@]1(C)CCCCN1C)C(C)C)[C@H](C[C@@H](OC(C)=O)c1nc(C(=O)N[C@@H](Cc2ccc(CC(=O)[C@H](CCCCN)NC(=O)CCCCCN3C(=O)C=CC3=O)cc2)C[C@H](C)C(=O)OC)cs1)C(C)C. The molecule has 1 saturated heterocycles. The zero-order chi connectivity index (χ0) is 57.0. The minimum absolute atomic E-state index is 0.0667. The fraction of sp³-hybridized carbons (Fsp3) is 0.655. The Morgan fingerprint density at radius 2 is 1.56 bits per heavy atom. The van der Waals surface area contributed by atoms with E-state index < -0.39 is 59.5 Å². The van der Waals surface area contributed by atoms with Gasteiger partial charge in [0.1, 0.15) is 10.7 Å². The first-order valence-electron chi connectivity index (χ1n) is 27.7. The Bertz CT molecular complexity index is 2350. The fourth-order valence-corrected chi connectivity index (χ4v) is 11.2. The zero-order valence-corrected chi connectivity index (χ0v) is 48.2. The van der Waals surface area contributed by atoms with Gasteiger partial charge in [-0.2, -0.15) is 0 Å². The maximum atomic E-state index is 14.6. The van der Waals surface area contributed by atoms with Crippen LogP contribution < -0.4 is 16.4 Å². The molecule has 2 aromatic rings. The Morgan fingerprint density at radius 1 is 0.883 bits per heavy atom. The molecule has 4 rings (SSSR count). The molecule has 1 aromatic heterocycles. The number of hydrogen-bond acceptors (Lipinski definition) is 15. The van der Waals surface area contributed by atoms with Gasteiger partial charge in [-0.25, -0.2) is 4.98 Å². The van der Waals surface area contributed by atoms with E-state index in [1.807, 2.05) is 77.8 Å². The average Bonchev–Trinajstić information content (AvgIpc) is 4.01. The molecular formula is C58H87N7O11S. The molecule has 5 amide bonds. The molecule has 3 heterocycles. The number of unbranched alkanes of at least 4 members (excludes halogenated alkanes) is 3. The lowest BCUT2D eigenvalue weighted by Crippen LogP contribution is -2.55. The van der Waals surface area contributed by atoms with Crippen molar-refractivity contribution in [2.75, 3.05) is 40.3 Å². The first-order chi connectivity index (χ1) is 36.5. The Kier molecular flexibility index (Phi) is 25.8. The van der Waals surface area contributed by atoms with Crippen molar-refractivity contribution in [2.24, 2.45) is 29.4 Å². The number of carbonyl (C=O) groups is 9. The smallest absolute Gasteiger partial charge is 0.308 e. The summed E-state index contributed by atoms with van der Waals surface area (Å²) in [5.74, 6) is -3.90. The van der Waals surface area contributed by atoms with Gasteiger partial charge in [0, 0.05) is 81.2 Å². The Balaban J connectivity index is 1.45. The van der Waals surface area contributed by atoms with Gasteiger partial charge in [0.25, 0.3) is 17.7 Å². The third-order valence-electron chi connectivity index (χ3n) is 15.3. The summed E-state index contributed by atoms with van der Waals surface area (Å²) in [6.45, 7) is 16.8. The van der Waals surface area contributed by atoms with Gasteiger partial charge in [0.05, 0.1) is 24.6 Å². The summed E-state index contributed by atoms with van der Waals surface area (Å²) in [6.07, 6.45) is 9.04. The van der Waals surface area contributed by atoms with Crippen molar-refractivity contribution in [3.8, 4) is 0 Å². The maximum absolute atomic E-state index is 14.6. The van der Waals surface area contributed by atoms with E-state index in [1.54, 1.807) is 12.3 Å². The van der Waals surface area contributed by atoms with Crippen LogP contribution in [0.2, 0.25) is 0 Å². The van der Waals surface area contributed by atoms with Crippen LogP contribution in [0.25, 0.3) is 0 Å². The number of rotatable bonds is 33. The van der Waals surface area contributed by atoms with Crippen molar-refractivity contribution < 1.29 is 52.6 Å². The van der Waals surface area contributed by atoms with Crippen molar-refractivity contribution >= 4 is 64.4 Å². The number of nitrogens with zero attached hydrogens (tertiary/aromatic N) is 4. The number of aromatic nitrogens is 1. The average molecular weight is 1090 g/mol. The van der Waals surface area contributed by atoms with Gasteiger partial charge >= 0.3 is 11.9 Å². The lowest BCUT2D eigenvalue weighted by atomic mass is 9.78. The molecule has 0 saturated carbocycles. The summed E-state index contributed by atoms with van der Waals surface area (Å²) >= 11 is 1.17. The number of carbonyl (C=O) groups excluding carboxylic acids is 9. The molecule has 0 bridgehead atoms. The molecule has 7 atom stereocenters. The van der Waals surface area contributed by atoms with Crippen LogP contribution in [-0.4, -0.2) is 137 Å². The number of methoxy groups -OCH3 is 1. The molecule has 2 aliphatic rings. The summed E-state index contributed by atoms with van der Waals surface area (Å²) in [6, 6.07) is 5.73. The highest BCUT2D eigenvalue weighted by molar-refractivity contribution is 7.09. The summed E-state index contributed by atoms with van der Waals surface area (Å²) in [4.78, 5) is 128. The zero-order valence-electron chi connectivity index (χ0n) is 47.4. The molecule has 0 spiro atoms. The first kappa shape index (κ1) is 63.9. The standard InChI is InChI=1S/C58H87N7O11S/c1-11-64(56(73)44(37(2)3)34-50(68)58(8)27-15-18-29-63(58)9)47(38(4)5)35-49(76-40(7)66)55-62-46(36-77-55)54(72)60-43(31-39(6)57(74)75-10)32-41-21-23-42(24-22-41)33-48(67)45(19-14-16-28-59)61-51(69)20-13-12-17-30-65-52(70)25-26-53(65)71/h21-26,36-39,43-45,47,49H,11-20,27-35,59H2,1-10H3,(H,60,72)(H,61,69)/t39-,43+,44-,45-,47+,49+,58+/m0/s1. The highest BCUT2D eigenvalue weighted by atomic mass is 32.1. The van der Waals surface area contributed by atoms with Crippen LogP contribution in [0.15, 0.2) is 41.8 Å². The number of imide groups is 1. The second-order valence-electron chi connectivity index (χ2n) is 21.8. The van der Waals surface area contributed by atoms with Crippen molar-refractivity contribution in [1.29, 1.82) is 0 Å². The number of amides is 5. The molecule has 0 unspecified atom stereocenters. The number of hydrogen-bond donors (Lipinski definition) is 3. The third-order valence-corrected chi connectivity index (χ3v) is 16.2. The van der Waals surface area contributed by atoms with E-state index in [4.69, 9.17) is 20.2 Å². The van der Waals surface area contributed by atoms with Crippen molar-refractivity contribution in [3.63, 3.8) is 0 Å². The number of esters is 2. The number of ether oxygens (including phenoxy) is 2. The van der Waals surface area contributed by atoms with E-state index in [0.717, 1.165) is 36.9 Å². The Morgan fingerprint density at radius 3 is 2.16 bits per heavy atom. The topological polar surface area (TPSA) is 245 Å². The Labute approximate surface area is 460 Å². The normalized spacial score (nSPS) is 18.1. The number of benzene rings is 1. The van der Waals surface area contributed by atoms with Gasteiger partial charge in [0.15, 0.2) is 17.7 Å². The molecule has 0 radical (unpaired) electrons. The minimum atomic E-state index is -0.886. The number of ketones is 2. The van der Waals surface area contributed by atoms with E-state index in [9.17, 15) is 43.2 Å². The monoisotopic (exact) mass is 1090 g/mol. The number of piperidine rings is 1. The first-order valence-corrected chi connectivity index (χ1v) is 28.6. The van der Waals surface area contributed by atoms with Crippen LogP contribution in [0.3, 0.4) is 0 Å². The molecule has 1 aromatic carbocycles. The fourth-order valence-electron chi connectivity index (χ4n) is 10.4. The van der Waals surface area contributed by atoms with Gasteiger partial charge in [-0.3, -0.25) is 53.0 Å². The van der Waals surface area contributed by atoms with Gasteiger partial charge < -0.3 is 30.7 Å².